The molecule has 108 valence electrons. The number of rotatable bonds is 4. The van der Waals surface area contributed by atoms with Crippen molar-refractivity contribution in [3.8, 4) is 0 Å². The Balaban J connectivity index is 1.59. The van der Waals surface area contributed by atoms with Crippen LogP contribution in [0.25, 0.3) is 10.1 Å². The average Bonchev–Trinajstić information content (AvgIpc) is 2.89. The summed E-state index contributed by atoms with van der Waals surface area (Å²) >= 11 is 1.93. The van der Waals surface area contributed by atoms with E-state index >= 15 is 0 Å². The van der Waals surface area contributed by atoms with Gasteiger partial charge in [-0.15, -0.1) is 11.3 Å². The summed E-state index contributed by atoms with van der Waals surface area (Å²) in [5.74, 6) is 1.81. The van der Waals surface area contributed by atoms with Gasteiger partial charge in [0.25, 0.3) is 0 Å². The molecule has 0 spiro atoms. The summed E-state index contributed by atoms with van der Waals surface area (Å²) in [4.78, 5) is 1.47. The predicted octanol–water partition coefficient (Wildman–Crippen LogP) is 5.38. The number of thiophene rings is 1. The van der Waals surface area contributed by atoms with Gasteiger partial charge in [0.2, 0.25) is 0 Å². The van der Waals surface area contributed by atoms with Crippen molar-refractivity contribution >= 4 is 21.4 Å². The molecule has 0 aliphatic heterocycles. The van der Waals surface area contributed by atoms with Crippen LogP contribution < -0.4 is 5.32 Å². The first-order valence-corrected chi connectivity index (χ1v) is 8.76. The minimum absolute atomic E-state index is 0.477. The van der Waals surface area contributed by atoms with E-state index in [2.05, 4.69) is 49.5 Å². The fourth-order valence-corrected chi connectivity index (χ4v) is 4.50. The minimum Gasteiger partial charge on any atom is -0.309 e. The van der Waals surface area contributed by atoms with Gasteiger partial charge in [-0.05, 0) is 55.7 Å². The van der Waals surface area contributed by atoms with Crippen molar-refractivity contribution in [2.45, 2.75) is 45.6 Å². The molecule has 1 aromatic carbocycles. The zero-order chi connectivity index (χ0) is 13.9. The van der Waals surface area contributed by atoms with Crippen LogP contribution in [0.15, 0.2) is 30.3 Å². The summed E-state index contributed by atoms with van der Waals surface area (Å²) in [5.41, 5.74) is 0. The van der Waals surface area contributed by atoms with Crippen LogP contribution in [0.3, 0.4) is 0 Å². The first-order valence-electron chi connectivity index (χ1n) is 7.94. The summed E-state index contributed by atoms with van der Waals surface area (Å²) in [6.45, 7) is 5.89. The Hall–Kier alpha value is -0.860. The summed E-state index contributed by atoms with van der Waals surface area (Å²) in [6.07, 6.45) is 5.68. The molecule has 0 radical (unpaired) electrons. The Labute approximate surface area is 126 Å². The van der Waals surface area contributed by atoms with Gasteiger partial charge in [0, 0.05) is 15.6 Å². The molecule has 1 aliphatic rings. The summed E-state index contributed by atoms with van der Waals surface area (Å²) < 4.78 is 1.41. The first-order chi connectivity index (χ1) is 9.72. The van der Waals surface area contributed by atoms with Crippen LogP contribution in [0.5, 0.6) is 0 Å². The molecule has 1 fully saturated rings. The Morgan fingerprint density at radius 2 is 2.15 bits per heavy atom. The number of nitrogens with one attached hydrogen (secondary N) is 1. The van der Waals surface area contributed by atoms with E-state index in [1.807, 2.05) is 11.3 Å². The Morgan fingerprint density at radius 1 is 1.30 bits per heavy atom. The number of hydrogen-bond acceptors (Lipinski definition) is 2. The molecule has 1 saturated carbocycles. The zero-order valence-corrected chi connectivity index (χ0v) is 13.4. The highest BCUT2D eigenvalue weighted by Gasteiger charge is 2.19. The molecule has 20 heavy (non-hydrogen) atoms. The minimum atomic E-state index is 0.477. The van der Waals surface area contributed by atoms with E-state index < -0.39 is 0 Å². The van der Waals surface area contributed by atoms with Crippen LogP contribution in [-0.2, 0) is 0 Å². The smallest absolute Gasteiger partial charge is 0.0386 e. The second kappa shape index (κ2) is 6.28. The lowest BCUT2D eigenvalue weighted by molar-refractivity contribution is 0.269. The van der Waals surface area contributed by atoms with Crippen molar-refractivity contribution in [1.82, 2.24) is 5.32 Å². The molecular formula is C18H25NS. The first kappa shape index (κ1) is 14.1. The lowest BCUT2D eigenvalue weighted by Crippen LogP contribution is -2.28. The SMILES string of the molecule is CC1CCCC(CNC(C)c2cc3ccccc3s2)C1. The topological polar surface area (TPSA) is 12.0 Å². The second-order valence-electron chi connectivity index (χ2n) is 6.45. The highest BCUT2D eigenvalue weighted by atomic mass is 32.1. The summed E-state index contributed by atoms with van der Waals surface area (Å²) in [7, 11) is 0. The molecule has 2 heteroatoms. The largest absolute Gasteiger partial charge is 0.309 e. The lowest BCUT2D eigenvalue weighted by atomic mass is 9.82. The van der Waals surface area contributed by atoms with Crippen LogP contribution in [0.2, 0.25) is 0 Å². The van der Waals surface area contributed by atoms with Gasteiger partial charge in [-0.3, -0.25) is 0 Å². The molecule has 1 aliphatic carbocycles. The fourth-order valence-electron chi connectivity index (χ4n) is 3.40. The van der Waals surface area contributed by atoms with Crippen LogP contribution in [0.4, 0.5) is 0 Å². The third kappa shape index (κ3) is 3.24. The molecule has 0 saturated heterocycles. The highest BCUT2D eigenvalue weighted by Crippen LogP contribution is 2.31. The molecule has 3 unspecified atom stereocenters. The molecule has 1 heterocycles. The van der Waals surface area contributed by atoms with Crippen molar-refractivity contribution in [3.63, 3.8) is 0 Å². The molecule has 0 amide bonds. The van der Waals surface area contributed by atoms with Crippen molar-refractivity contribution in [3.05, 3.63) is 35.2 Å². The third-order valence-corrected chi connectivity index (χ3v) is 5.93. The molecule has 3 rings (SSSR count). The van der Waals surface area contributed by atoms with E-state index in [0.29, 0.717) is 6.04 Å². The Bertz CT molecular complexity index is 526. The standard InChI is InChI=1S/C18H25NS/c1-13-6-5-7-15(10-13)12-19-14(2)18-11-16-8-3-4-9-17(16)20-18/h3-4,8-9,11,13-15,19H,5-7,10,12H2,1-2H3. The molecular weight excluding hydrogens is 262 g/mol. The van der Waals surface area contributed by atoms with Gasteiger partial charge in [-0.25, -0.2) is 0 Å². The second-order valence-corrected chi connectivity index (χ2v) is 7.57. The number of hydrogen-bond donors (Lipinski definition) is 1. The summed E-state index contributed by atoms with van der Waals surface area (Å²) in [5, 5.41) is 5.14. The van der Waals surface area contributed by atoms with Gasteiger partial charge in [0.15, 0.2) is 0 Å². The van der Waals surface area contributed by atoms with Crippen molar-refractivity contribution < 1.29 is 0 Å². The summed E-state index contributed by atoms with van der Waals surface area (Å²) in [6, 6.07) is 11.5. The van der Waals surface area contributed by atoms with Gasteiger partial charge in [0.1, 0.15) is 0 Å². The Kier molecular flexibility index (Phi) is 4.42. The van der Waals surface area contributed by atoms with E-state index in [4.69, 9.17) is 0 Å². The van der Waals surface area contributed by atoms with Crippen LogP contribution in [0, 0.1) is 11.8 Å². The van der Waals surface area contributed by atoms with Crippen LogP contribution in [-0.4, -0.2) is 6.54 Å². The maximum absolute atomic E-state index is 3.76. The predicted molar refractivity (Wildman–Crippen MR) is 89.4 cm³/mol. The normalized spacial score (nSPS) is 24.9. The van der Waals surface area contributed by atoms with Crippen molar-refractivity contribution in [2.75, 3.05) is 6.54 Å². The van der Waals surface area contributed by atoms with E-state index in [0.717, 1.165) is 11.8 Å². The van der Waals surface area contributed by atoms with Crippen molar-refractivity contribution in [1.29, 1.82) is 0 Å². The molecule has 1 N–H and O–H groups in total. The number of fused-ring (bicyclic) bond motifs is 1. The maximum atomic E-state index is 3.76. The van der Waals surface area contributed by atoms with Crippen molar-refractivity contribution in [2.24, 2.45) is 11.8 Å². The van der Waals surface area contributed by atoms with Crippen LogP contribution >= 0.6 is 11.3 Å². The lowest BCUT2D eigenvalue weighted by Gasteiger charge is -2.28. The monoisotopic (exact) mass is 287 g/mol. The van der Waals surface area contributed by atoms with Gasteiger partial charge in [0.05, 0.1) is 0 Å². The molecule has 1 aromatic heterocycles. The van der Waals surface area contributed by atoms with Gasteiger partial charge < -0.3 is 5.32 Å². The Morgan fingerprint density at radius 3 is 2.95 bits per heavy atom. The fraction of sp³-hybridized carbons (Fsp3) is 0.556. The third-order valence-electron chi connectivity index (χ3n) is 4.63. The van der Waals surface area contributed by atoms with E-state index in [-0.39, 0.29) is 0 Å². The van der Waals surface area contributed by atoms with E-state index in [1.165, 1.54) is 47.2 Å². The highest BCUT2D eigenvalue weighted by molar-refractivity contribution is 7.19. The molecule has 2 aromatic rings. The average molecular weight is 287 g/mol. The number of benzene rings is 1. The quantitative estimate of drug-likeness (QED) is 0.796. The molecule has 0 bridgehead atoms. The molecule has 1 nitrogen and oxygen atoms in total. The maximum Gasteiger partial charge on any atom is 0.0386 e. The van der Waals surface area contributed by atoms with E-state index in [1.54, 1.807) is 0 Å². The van der Waals surface area contributed by atoms with E-state index in [9.17, 15) is 0 Å². The zero-order valence-electron chi connectivity index (χ0n) is 12.6. The van der Waals surface area contributed by atoms with Gasteiger partial charge >= 0.3 is 0 Å². The van der Waals surface area contributed by atoms with Gasteiger partial charge in [-0.1, -0.05) is 38.0 Å². The van der Waals surface area contributed by atoms with Crippen LogP contribution in [0.1, 0.15) is 50.4 Å². The van der Waals surface area contributed by atoms with Gasteiger partial charge in [-0.2, -0.15) is 0 Å². The molecule has 3 atom stereocenters.